The van der Waals surface area contributed by atoms with Crippen LogP contribution in [0.4, 0.5) is 0 Å². The molecule has 0 bridgehead atoms. The Morgan fingerprint density at radius 1 is 1.06 bits per heavy atom. The number of hydrogen-bond acceptors (Lipinski definition) is 2. The van der Waals surface area contributed by atoms with E-state index in [-0.39, 0.29) is 5.75 Å². The summed E-state index contributed by atoms with van der Waals surface area (Å²) < 4.78 is 6.63. The Kier molecular flexibility index (Phi) is 4.04. The van der Waals surface area contributed by atoms with Crippen molar-refractivity contribution in [3.63, 3.8) is 0 Å². The largest absolute Gasteiger partial charge is 0.508 e. The van der Waals surface area contributed by atoms with Gasteiger partial charge in [0.25, 0.3) is 0 Å². The van der Waals surface area contributed by atoms with E-state index < -0.39 is 0 Å². The van der Waals surface area contributed by atoms with Crippen molar-refractivity contribution < 1.29 is 9.84 Å². The molecule has 0 unspecified atom stereocenters. The molecule has 0 atom stereocenters. The number of benzene rings is 2. The molecule has 0 aliphatic rings. The summed E-state index contributed by atoms with van der Waals surface area (Å²) in [5.74, 6) is 0.921. The molecular formula is C14H13BrO2. The molecular weight excluding hydrogens is 280 g/mol. The number of rotatable bonds is 4. The third-order valence-electron chi connectivity index (χ3n) is 2.37. The lowest BCUT2D eigenvalue weighted by Crippen LogP contribution is -2.01. The quantitative estimate of drug-likeness (QED) is 0.929. The van der Waals surface area contributed by atoms with Crippen molar-refractivity contribution in [3.05, 3.63) is 58.6 Å². The lowest BCUT2D eigenvalue weighted by molar-refractivity contribution is 0.320. The number of hydrogen-bond donors (Lipinski definition) is 1. The highest BCUT2D eigenvalue weighted by atomic mass is 79.9. The monoisotopic (exact) mass is 292 g/mol. The molecule has 2 aromatic carbocycles. The van der Waals surface area contributed by atoms with Crippen LogP contribution in [0.3, 0.4) is 0 Å². The molecule has 0 spiro atoms. The van der Waals surface area contributed by atoms with E-state index in [1.807, 2.05) is 18.2 Å². The van der Waals surface area contributed by atoms with Gasteiger partial charge in [0.05, 0.1) is 6.61 Å². The van der Waals surface area contributed by atoms with Crippen molar-refractivity contribution >= 4 is 15.9 Å². The van der Waals surface area contributed by atoms with Crippen molar-refractivity contribution in [1.29, 1.82) is 0 Å². The van der Waals surface area contributed by atoms with Crippen LogP contribution in [0.2, 0.25) is 0 Å². The summed E-state index contributed by atoms with van der Waals surface area (Å²) in [4.78, 5) is 0. The van der Waals surface area contributed by atoms with Gasteiger partial charge in [-0.1, -0.05) is 34.1 Å². The van der Waals surface area contributed by atoms with Crippen molar-refractivity contribution in [1.82, 2.24) is 0 Å². The number of halogens is 1. The molecule has 2 aromatic rings. The zero-order valence-corrected chi connectivity index (χ0v) is 10.9. The molecule has 3 heteroatoms. The molecule has 0 saturated heterocycles. The van der Waals surface area contributed by atoms with Crippen LogP contribution in [0.15, 0.2) is 53.0 Å². The Balaban J connectivity index is 1.87. The van der Waals surface area contributed by atoms with E-state index in [0.29, 0.717) is 12.4 Å². The first-order valence-corrected chi connectivity index (χ1v) is 6.19. The van der Waals surface area contributed by atoms with Crippen LogP contribution in [0.5, 0.6) is 11.5 Å². The average molecular weight is 293 g/mol. The van der Waals surface area contributed by atoms with Gasteiger partial charge in [-0.25, -0.2) is 0 Å². The Morgan fingerprint density at radius 3 is 2.65 bits per heavy atom. The van der Waals surface area contributed by atoms with Gasteiger partial charge in [-0.05, 0) is 29.8 Å². The summed E-state index contributed by atoms with van der Waals surface area (Å²) in [6, 6.07) is 15.0. The van der Waals surface area contributed by atoms with E-state index in [0.717, 1.165) is 10.9 Å². The second-order valence-electron chi connectivity index (χ2n) is 3.73. The van der Waals surface area contributed by atoms with Crippen LogP contribution in [-0.4, -0.2) is 11.7 Å². The van der Waals surface area contributed by atoms with E-state index in [4.69, 9.17) is 4.74 Å². The van der Waals surface area contributed by atoms with E-state index in [9.17, 15) is 5.11 Å². The fraction of sp³-hybridized carbons (Fsp3) is 0.143. The van der Waals surface area contributed by atoms with E-state index in [1.54, 1.807) is 18.2 Å². The highest BCUT2D eigenvalue weighted by molar-refractivity contribution is 9.10. The first-order chi connectivity index (χ1) is 8.24. The molecule has 1 N–H and O–H groups in total. The summed E-state index contributed by atoms with van der Waals surface area (Å²) >= 11 is 3.43. The van der Waals surface area contributed by atoms with Gasteiger partial charge in [0.1, 0.15) is 11.5 Å². The number of phenols is 1. The average Bonchev–Trinajstić information content (AvgIpc) is 2.29. The SMILES string of the molecule is Oc1cccc(OCCc2cccc(Br)c2)c1. The van der Waals surface area contributed by atoms with E-state index >= 15 is 0 Å². The summed E-state index contributed by atoms with van der Waals surface area (Å²) in [6.07, 6.45) is 0.842. The van der Waals surface area contributed by atoms with Gasteiger partial charge in [-0.2, -0.15) is 0 Å². The Morgan fingerprint density at radius 2 is 1.88 bits per heavy atom. The maximum Gasteiger partial charge on any atom is 0.122 e. The van der Waals surface area contributed by atoms with Crippen LogP contribution in [0.1, 0.15) is 5.56 Å². The van der Waals surface area contributed by atoms with Gasteiger partial charge in [0.15, 0.2) is 0 Å². The molecule has 2 rings (SSSR count). The number of phenolic OH excluding ortho intramolecular Hbond substituents is 1. The normalized spacial score (nSPS) is 10.2. The molecule has 0 saturated carbocycles. The highest BCUT2D eigenvalue weighted by Crippen LogP contribution is 2.18. The third-order valence-corrected chi connectivity index (χ3v) is 2.86. The minimum absolute atomic E-state index is 0.227. The standard InChI is InChI=1S/C14H13BrO2/c15-12-4-1-3-11(9-12)7-8-17-14-6-2-5-13(16)10-14/h1-6,9-10,16H,7-8H2. The zero-order chi connectivity index (χ0) is 12.1. The Labute approximate surface area is 109 Å². The van der Waals surface area contributed by atoms with Crippen molar-refractivity contribution in [2.45, 2.75) is 6.42 Å². The van der Waals surface area contributed by atoms with Crippen LogP contribution in [0, 0.1) is 0 Å². The molecule has 0 aliphatic heterocycles. The topological polar surface area (TPSA) is 29.5 Å². The zero-order valence-electron chi connectivity index (χ0n) is 9.27. The van der Waals surface area contributed by atoms with Crippen molar-refractivity contribution in [3.8, 4) is 11.5 Å². The van der Waals surface area contributed by atoms with Crippen LogP contribution in [0.25, 0.3) is 0 Å². The predicted octanol–water partition coefficient (Wildman–Crippen LogP) is 3.78. The van der Waals surface area contributed by atoms with Gasteiger partial charge < -0.3 is 9.84 Å². The molecule has 2 nitrogen and oxygen atoms in total. The number of ether oxygens (including phenoxy) is 1. The van der Waals surface area contributed by atoms with E-state index in [1.165, 1.54) is 5.56 Å². The minimum Gasteiger partial charge on any atom is -0.508 e. The highest BCUT2D eigenvalue weighted by Gasteiger charge is 1.97. The molecule has 0 aromatic heterocycles. The second kappa shape index (κ2) is 5.73. The fourth-order valence-corrected chi connectivity index (χ4v) is 2.00. The Hall–Kier alpha value is -1.48. The lowest BCUT2D eigenvalue weighted by Gasteiger charge is -2.06. The van der Waals surface area contributed by atoms with Crippen LogP contribution < -0.4 is 4.74 Å². The van der Waals surface area contributed by atoms with Crippen molar-refractivity contribution in [2.24, 2.45) is 0 Å². The van der Waals surface area contributed by atoms with Gasteiger partial charge in [0, 0.05) is 17.0 Å². The van der Waals surface area contributed by atoms with Crippen LogP contribution in [-0.2, 0) is 6.42 Å². The van der Waals surface area contributed by atoms with Crippen molar-refractivity contribution in [2.75, 3.05) is 6.61 Å². The molecule has 0 amide bonds. The Bertz CT molecular complexity index is 452. The van der Waals surface area contributed by atoms with Gasteiger partial charge in [-0.3, -0.25) is 0 Å². The second-order valence-corrected chi connectivity index (χ2v) is 4.64. The minimum atomic E-state index is 0.227. The summed E-state index contributed by atoms with van der Waals surface area (Å²) in [5, 5.41) is 9.28. The molecule has 17 heavy (non-hydrogen) atoms. The maximum atomic E-state index is 9.28. The molecule has 0 radical (unpaired) electrons. The van der Waals surface area contributed by atoms with Gasteiger partial charge in [0.2, 0.25) is 0 Å². The summed E-state index contributed by atoms with van der Waals surface area (Å²) in [7, 11) is 0. The maximum absolute atomic E-state index is 9.28. The van der Waals surface area contributed by atoms with E-state index in [2.05, 4.69) is 28.1 Å². The first-order valence-electron chi connectivity index (χ1n) is 5.40. The number of aromatic hydroxyl groups is 1. The summed E-state index contributed by atoms with van der Waals surface area (Å²) in [6.45, 7) is 0.597. The molecule has 0 aliphatic carbocycles. The predicted molar refractivity (Wildman–Crippen MR) is 71.4 cm³/mol. The molecule has 0 fully saturated rings. The first kappa shape index (κ1) is 12.0. The molecule has 0 heterocycles. The van der Waals surface area contributed by atoms with Crippen LogP contribution >= 0.6 is 15.9 Å². The van der Waals surface area contributed by atoms with Gasteiger partial charge >= 0.3 is 0 Å². The summed E-state index contributed by atoms with van der Waals surface area (Å²) in [5.41, 5.74) is 1.22. The van der Waals surface area contributed by atoms with Gasteiger partial charge in [-0.15, -0.1) is 0 Å². The fourth-order valence-electron chi connectivity index (χ4n) is 1.55. The lowest BCUT2D eigenvalue weighted by atomic mass is 10.2. The third kappa shape index (κ3) is 3.79. The smallest absolute Gasteiger partial charge is 0.122 e. The molecule has 88 valence electrons.